The summed E-state index contributed by atoms with van der Waals surface area (Å²) in [5.41, 5.74) is 18.4. The molecule has 1 heterocycles. The van der Waals surface area contributed by atoms with Crippen molar-refractivity contribution in [1.82, 2.24) is 0 Å². The van der Waals surface area contributed by atoms with Crippen molar-refractivity contribution in [2.24, 2.45) is 0 Å². The molecule has 0 fully saturated rings. The smallest absolute Gasteiger partial charge is 0.143 e. The molecule has 77 heavy (non-hydrogen) atoms. The van der Waals surface area contributed by atoms with Gasteiger partial charge in [-0.2, -0.15) is 0 Å². The monoisotopic (exact) mass is 988 g/mol. The zero-order valence-electron chi connectivity index (χ0n) is 42.2. The van der Waals surface area contributed by atoms with E-state index in [4.69, 9.17) is 4.42 Å². The molecule has 366 valence electrons. The van der Waals surface area contributed by atoms with Crippen LogP contribution in [0.4, 0.5) is 68.2 Å². The Morgan fingerprint density at radius 2 is 0.377 bits per heavy atom. The fourth-order valence-corrected chi connectivity index (χ4v) is 10.6. The zero-order chi connectivity index (χ0) is 51.3. The van der Waals surface area contributed by atoms with E-state index in [1.54, 1.807) is 0 Å². The van der Waals surface area contributed by atoms with Gasteiger partial charge in [-0.1, -0.05) is 170 Å². The lowest BCUT2D eigenvalue weighted by molar-refractivity contribution is 0.671. The van der Waals surface area contributed by atoms with Gasteiger partial charge in [-0.3, -0.25) is 0 Å². The van der Waals surface area contributed by atoms with Crippen LogP contribution in [0.3, 0.4) is 0 Å². The Bertz CT molecular complexity index is 3700. The Morgan fingerprint density at radius 3 is 0.610 bits per heavy atom. The Kier molecular flexibility index (Phi) is 12.6. The van der Waals surface area contributed by atoms with Gasteiger partial charge in [-0.15, -0.1) is 0 Å². The molecular formula is C72H52N4O. The first-order valence-corrected chi connectivity index (χ1v) is 26.1. The summed E-state index contributed by atoms with van der Waals surface area (Å²) in [6, 6.07) is 112. The van der Waals surface area contributed by atoms with E-state index in [2.05, 4.69) is 335 Å². The quantitative estimate of drug-likeness (QED) is 0.108. The van der Waals surface area contributed by atoms with E-state index >= 15 is 0 Å². The highest BCUT2D eigenvalue weighted by Gasteiger charge is 2.25. The second-order valence-electron chi connectivity index (χ2n) is 19.0. The highest BCUT2D eigenvalue weighted by molar-refractivity contribution is 6.16. The van der Waals surface area contributed by atoms with Crippen molar-refractivity contribution in [3.8, 4) is 22.3 Å². The average molecular weight is 989 g/mol. The van der Waals surface area contributed by atoms with Gasteiger partial charge in [0.1, 0.15) is 11.2 Å². The number of hydrogen-bond acceptors (Lipinski definition) is 5. The van der Waals surface area contributed by atoms with Crippen molar-refractivity contribution in [2.45, 2.75) is 0 Å². The lowest BCUT2D eigenvalue weighted by Gasteiger charge is -2.29. The van der Waals surface area contributed by atoms with Crippen molar-refractivity contribution in [2.75, 3.05) is 19.6 Å². The maximum atomic E-state index is 7.32. The van der Waals surface area contributed by atoms with Gasteiger partial charge in [0.25, 0.3) is 0 Å². The highest BCUT2D eigenvalue weighted by atomic mass is 16.3. The lowest BCUT2D eigenvalue weighted by Crippen LogP contribution is -2.12. The van der Waals surface area contributed by atoms with Gasteiger partial charge >= 0.3 is 0 Å². The summed E-state index contributed by atoms with van der Waals surface area (Å²) < 4.78 is 7.32. The molecule has 0 bridgehead atoms. The first-order valence-electron chi connectivity index (χ1n) is 26.1. The molecular weight excluding hydrogens is 937 g/mol. The van der Waals surface area contributed by atoms with Crippen molar-refractivity contribution in [1.29, 1.82) is 0 Å². The van der Waals surface area contributed by atoms with Crippen LogP contribution in [0.15, 0.2) is 320 Å². The summed E-state index contributed by atoms with van der Waals surface area (Å²) in [5.74, 6) is 0. The predicted octanol–water partition coefficient (Wildman–Crippen LogP) is 20.8. The number of fused-ring (bicyclic) bond motifs is 3. The number of rotatable bonds is 14. The molecule has 13 rings (SSSR count). The van der Waals surface area contributed by atoms with Crippen molar-refractivity contribution in [3.63, 3.8) is 0 Å². The molecule has 0 aliphatic heterocycles. The van der Waals surface area contributed by atoms with Crippen LogP contribution in [-0.4, -0.2) is 0 Å². The molecule has 12 aromatic carbocycles. The standard InChI is InChI=1S/C72H52N4O/c1-9-25-53(26-10-1)67-49-65(75(59-37-21-7-22-38-59)63-45-41-61(42-46-63)73(55-29-13-3-14-30-55)56-31-15-4-16-32-56)51-69-70-52-66(50-68(72(70)77-71(67)69)54-27-11-2-12-28-54)76(60-39-23-8-24-40-60)64-47-43-62(44-48-64)74(57-33-17-5-18-34-57)58-35-19-6-20-36-58/h1-52H. The number of hydrogen-bond donors (Lipinski definition) is 0. The molecule has 0 saturated carbocycles. The number of nitrogens with zero attached hydrogens (tertiary/aromatic N) is 4. The molecule has 0 spiro atoms. The SMILES string of the molecule is c1ccc(-c2cc(N(c3ccccc3)c3ccc(N(c4ccccc4)c4ccccc4)cc3)cc3c2oc2c(-c4ccccc4)cc(N(c4ccccc4)c4ccc(N(c5ccccc5)c5ccccc5)cc4)cc23)cc1. The number of para-hydroxylation sites is 6. The Balaban J connectivity index is 1.01. The molecule has 0 N–H and O–H groups in total. The minimum Gasteiger partial charge on any atom is -0.455 e. The summed E-state index contributed by atoms with van der Waals surface area (Å²) in [7, 11) is 0. The molecule has 0 aliphatic carbocycles. The molecule has 1 aromatic heterocycles. The van der Waals surface area contributed by atoms with Crippen molar-refractivity contribution < 1.29 is 4.42 Å². The largest absolute Gasteiger partial charge is 0.455 e. The van der Waals surface area contributed by atoms with Crippen LogP contribution >= 0.6 is 0 Å². The normalized spacial score (nSPS) is 11.1. The molecule has 0 amide bonds. The highest BCUT2D eigenvalue weighted by Crippen LogP contribution is 2.49. The van der Waals surface area contributed by atoms with Gasteiger partial charge < -0.3 is 24.0 Å². The van der Waals surface area contributed by atoms with Gasteiger partial charge in [0, 0.05) is 90.1 Å². The summed E-state index contributed by atoms with van der Waals surface area (Å²) in [4.78, 5) is 9.31. The first-order chi connectivity index (χ1) is 38.2. The fraction of sp³-hybridized carbons (Fsp3) is 0. The molecule has 0 atom stereocenters. The summed E-state index contributed by atoms with van der Waals surface area (Å²) in [6.07, 6.45) is 0. The van der Waals surface area contributed by atoms with Gasteiger partial charge in [0.05, 0.1) is 0 Å². The minimum absolute atomic E-state index is 0.825. The Morgan fingerprint density at radius 1 is 0.182 bits per heavy atom. The van der Waals surface area contributed by atoms with Crippen LogP contribution in [0.25, 0.3) is 44.2 Å². The van der Waals surface area contributed by atoms with Gasteiger partial charge in [-0.05, 0) is 157 Å². The third-order valence-electron chi connectivity index (χ3n) is 14.1. The number of benzene rings is 12. The third kappa shape index (κ3) is 9.24. The van der Waals surface area contributed by atoms with Crippen LogP contribution in [0, 0.1) is 0 Å². The fourth-order valence-electron chi connectivity index (χ4n) is 10.6. The van der Waals surface area contributed by atoms with E-state index < -0.39 is 0 Å². The molecule has 0 radical (unpaired) electrons. The lowest BCUT2D eigenvalue weighted by atomic mass is 9.97. The molecule has 13 aromatic rings. The maximum absolute atomic E-state index is 7.32. The van der Waals surface area contributed by atoms with Crippen LogP contribution < -0.4 is 19.6 Å². The van der Waals surface area contributed by atoms with E-state index in [-0.39, 0.29) is 0 Å². The van der Waals surface area contributed by atoms with Gasteiger partial charge in [0.15, 0.2) is 0 Å². The Labute approximate surface area is 449 Å². The molecule has 0 aliphatic rings. The second-order valence-corrected chi connectivity index (χ2v) is 19.0. The average Bonchev–Trinajstić information content (AvgIpc) is 3.97. The van der Waals surface area contributed by atoms with E-state index in [9.17, 15) is 0 Å². The van der Waals surface area contributed by atoms with Gasteiger partial charge in [-0.25, -0.2) is 0 Å². The summed E-state index contributed by atoms with van der Waals surface area (Å²) >= 11 is 0. The van der Waals surface area contributed by atoms with Crippen LogP contribution in [0.1, 0.15) is 0 Å². The predicted molar refractivity (Wildman–Crippen MR) is 323 cm³/mol. The summed E-state index contributed by atoms with van der Waals surface area (Å²) in [6.45, 7) is 0. The van der Waals surface area contributed by atoms with Crippen molar-refractivity contribution >= 4 is 90.2 Å². The van der Waals surface area contributed by atoms with E-state index in [0.29, 0.717) is 0 Å². The maximum Gasteiger partial charge on any atom is 0.143 e. The van der Waals surface area contributed by atoms with E-state index in [0.717, 1.165) is 112 Å². The van der Waals surface area contributed by atoms with Crippen LogP contribution in [0.2, 0.25) is 0 Å². The van der Waals surface area contributed by atoms with E-state index in [1.807, 2.05) is 0 Å². The molecule has 5 nitrogen and oxygen atoms in total. The molecule has 0 saturated heterocycles. The van der Waals surface area contributed by atoms with Gasteiger partial charge in [0.2, 0.25) is 0 Å². The van der Waals surface area contributed by atoms with Crippen LogP contribution in [0.5, 0.6) is 0 Å². The third-order valence-corrected chi connectivity index (χ3v) is 14.1. The second kappa shape index (κ2) is 20.9. The summed E-state index contributed by atoms with van der Waals surface area (Å²) in [5, 5.41) is 2.02. The van der Waals surface area contributed by atoms with Crippen molar-refractivity contribution in [3.05, 3.63) is 315 Å². The zero-order valence-corrected chi connectivity index (χ0v) is 42.2. The number of anilines is 12. The van der Waals surface area contributed by atoms with Crippen LogP contribution in [-0.2, 0) is 0 Å². The topological polar surface area (TPSA) is 26.1 Å². The number of furan rings is 1. The first kappa shape index (κ1) is 46.4. The Hall–Kier alpha value is -10.4. The molecule has 0 unspecified atom stereocenters. The minimum atomic E-state index is 0.825. The van der Waals surface area contributed by atoms with E-state index in [1.165, 1.54) is 0 Å². The molecule has 5 heteroatoms.